The minimum absolute atomic E-state index is 0.0655. The number of rotatable bonds is 8. The first-order valence-electron chi connectivity index (χ1n) is 14.0. The lowest BCUT2D eigenvalue weighted by Gasteiger charge is -2.37. The van der Waals surface area contributed by atoms with Crippen LogP contribution in [0.5, 0.6) is 5.75 Å². The number of hydrogen-bond donors (Lipinski definition) is 2. The van der Waals surface area contributed by atoms with E-state index in [-0.39, 0.29) is 17.3 Å². The van der Waals surface area contributed by atoms with Gasteiger partial charge in [0.25, 0.3) is 5.92 Å². The van der Waals surface area contributed by atoms with Crippen molar-refractivity contribution in [3.8, 4) is 16.9 Å². The molecule has 0 saturated carbocycles. The van der Waals surface area contributed by atoms with E-state index in [9.17, 15) is 26.8 Å². The van der Waals surface area contributed by atoms with Crippen LogP contribution in [0, 0.1) is 0 Å². The summed E-state index contributed by atoms with van der Waals surface area (Å²) < 4.78 is 63.5. The molecule has 1 unspecified atom stereocenters. The van der Waals surface area contributed by atoms with Crippen LogP contribution < -0.4 is 15.4 Å². The number of carbonyl (C=O) groups excluding carboxylic acids is 2. The van der Waals surface area contributed by atoms with Crippen LogP contribution in [0.25, 0.3) is 11.1 Å². The van der Waals surface area contributed by atoms with E-state index in [4.69, 9.17) is 21.1 Å². The SMILES string of the molecule is CC(C)(C)OC(=O)Nc1ccc(CNC(=O)C=CC2Cc3cc(-c4ccc(S(=O)(=O)N5CC(F)(F)C5)cc4)cc(Cl)c3O2)cn1. The number of alkyl halides is 2. The van der Waals surface area contributed by atoms with Crippen molar-refractivity contribution in [1.29, 1.82) is 0 Å². The lowest BCUT2D eigenvalue weighted by Crippen LogP contribution is -2.58. The quantitative estimate of drug-likeness (QED) is 0.303. The number of hydrogen-bond acceptors (Lipinski definition) is 7. The Morgan fingerprint density at radius 3 is 2.47 bits per heavy atom. The molecule has 45 heavy (non-hydrogen) atoms. The number of anilines is 1. The minimum atomic E-state index is -4.00. The molecule has 238 valence electrons. The summed E-state index contributed by atoms with van der Waals surface area (Å²) in [7, 11) is -4.00. The summed E-state index contributed by atoms with van der Waals surface area (Å²) in [5, 5.41) is 5.67. The Bertz CT molecular complexity index is 1740. The molecule has 0 bridgehead atoms. The minimum Gasteiger partial charge on any atom is -0.484 e. The van der Waals surface area contributed by atoms with Crippen molar-refractivity contribution in [1.82, 2.24) is 14.6 Å². The zero-order valence-corrected chi connectivity index (χ0v) is 26.2. The van der Waals surface area contributed by atoms with E-state index >= 15 is 0 Å². The second-order valence-electron chi connectivity index (χ2n) is 11.7. The van der Waals surface area contributed by atoms with Crippen LogP contribution in [-0.2, 0) is 32.5 Å². The van der Waals surface area contributed by atoms with Crippen molar-refractivity contribution in [2.75, 3.05) is 18.4 Å². The van der Waals surface area contributed by atoms with Crippen LogP contribution in [0.3, 0.4) is 0 Å². The Balaban J connectivity index is 1.14. The van der Waals surface area contributed by atoms with E-state index in [1.807, 2.05) is 6.07 Å². The molecule has 2 aromatic carbocycles. The second-order valence-corrected chi connectivity index (χ2v) is 14.1. The molecular weight excluding hydrogens is 630 g/mol. The monoisotopic (exact) mass is 660 g/mol. The molecule has 0 aliphatic carbocycles. The number of nitrogens with zero attached hydrogens (tertiary/aromatic N) is 2. The summed E-state index contributed by atoms with van der Waals surface area (Å²) in [6.07, 6.45) is 3.96. The molecule has 0 radical (unpaired) electrons. The number of amides is 2. The molecule has 5 rings (SSSR count). The molecule has 0 spiro atoms. The molecule has 1 aromatic heterocycles. The van der Waals surface area contributed by atoms with Crippen LogP contribution in [-0.4, -0.2) is 60.4 Å². The van der Waals surface area contributed by atoms with E-state index in [1.165, 1.54) is 24.4 Å². The maximum absolute atomic E-state index is 13.2. The summed E-state index contributed by atoms with van der Waals surface area (Å²) in [6, 6.07) is 12.9. The molecule has 2 aliphatic heterocycles. The lowest BCUT2D eigenvalue weighted by atomic mass is 10.0. The first-order chi connectivity index (χ1) is 21.1. The fourth-order valence-corrected chi connectivity index (χ4v) is 6.46. The van der Waals surface area contributed by atoms with Gasteiger partial charge in [0.15, 0.2) is 0 Å². The van der Waals surface area contributed by atoms with Gasteiger partial charge in [0.2, 0.25) is 15.9 Å². The number of aromatic nitrogens is 1. The van der Waals surface area contributed by atoms with Gasteiger partial charge in [0.05, 0.1) is 23.0 Å². The number of sulfonamides is 1. The van der Waals surface area contributed by atoms with Gasteiger partial charge < -0.3 is 14.8 Å². The van der Waals surface area contributed by atoms with E-state index in [2.05, 4.69) is 15.6 Å². The molecule has 1 saturated heterocycles. The summed E-state index contributed by atoms with van der Waals surface area (Å²) in [6.45, 7) is 3.85. The van der Waals surface area contributed by atoms with Crippen LogP contribution >= 0.6 is 11.6 Å². The summed E-state index contributed by atoms with van der Waals surface area (Å²) in [4.78, 5) is 28.4. The molecule has 1 fully saturated rings. The number of ether oxygens (including phenoxy) is 2. The van der Waals surface area contributed by atoms with Crippen LogP contribution in [0.1, 0.15) is 31.9 Å². The van der Waals surface area contributed by atoms with Crippen molar-refractivity contribution < 1.29 is 36.3 Å². The molecule has 2 aliphatic rings. The highest BCUT2D eigenvalue weighted by atomic mass is 35.5. The smallest absolute Gasteiger partial charge is 0.413 e. The highest BCUT2D eigenvalue weighted by Gasteiger charge is 2.49. The molecule has 2 amide bonds. The Morgan fingerprint density at radius 1 is 1.13 bits per heavy atom. The van der Waals surface area contributed by atoms with Crippen molar-refractivity contribution in [2.24, 2.45) is 0 Å². The van der Waals surface area contributed by atoms with E-state index < -0.39 is 46.8 Å². The van der Waals surface area contributed by atoms with Crippen molar-refractivity contribution in [3.63, 3.8) is 0 Å². The number of fused-ring (bicyclic) bond motifs is 1. The molecule has 3 aromatic rings. The van der Waals surface area contributed by atoms with Crippen LogP contribution in [0.4, 0.5) is 19.4 Å². The summed E-state index contributed by atoms with van der Waals surface area (Å²) >= 11 is 6.50. The van der Waals surface area contributed by atoms with Gasteiger partial charge in [0, 0.05) is 30.8 Å². The zero-order chi connectivity index (χ0) is 32.6. The van der Waals surface area contributed by atoms with Crippen molar-refractivity contribution in [3.05, 3.63) is 83.0 Å². The molecule has 3 heterocycles. The third-order valence-electron chi connectivity index (χ3n) is 6.83. The number of carbonyl (C=O) groups is 2. The Labute approximate surface area is 264 Å². The number of nitrogens with one attached hydrogen (secondary N) is 2. The predicted molar refractivity (Wildman–Crippen MR) is 164 cm³/mol. The van der Waals surface area contributed by atoms with Gasteiger partial charge >= 0.3 is 6.09 Å². The molecular formula is C31H31ClF2N4O6S. The van der Waals surface area contributed by atoms with Crippen molar-refractivity contribution >= 4 is 39.4 Å². The molecule has 2 N–H and O–H groups in total. The molecule has 1 atom stereocenters. The second kappa shape index (κ2) is 12.4. The first-order valence-corrected chi connectivity index (χ1v) is 15.8. The van der Waals surface area contributed by atoms with Gasteiger partial charge in [0.1, 0.15) is 23.3 Å². The topological polar surface area (TPSA) is 127 Å². The predicted octanol–water partition coefficient (Wildman–Crippen LogP) is 5.56. The number of benzene rings is 2. The lowest BCUT2D eigenvalue weighted by molar-refractivity contribution is -0.116. The highest BCUT2D eigenvalue weighted by molar-refractivity contribution is 7.89. The average Bonchev–Trinajstić information content (AvgIpc) is 3.37. The van der Waals surface area contributed by atoms with Crippen LogP contribution in [0.15, 0.2) is 71.8 Å². The fraction of sp³-hybridized carbons (Fsp3) is 0.323. The summed E-state index contributed by atoms with van der Waals surface area (Å²) in [5.74, 6) is -2.52. The largest absolute Gasteiger partial charge is 0.484 e. The Hall–Kier alpha value is -4.07. The Morgan fingerprint density at radius 2 is 1.84 bits per heavy atom. The number of pyridine rings is 1. The standard InChI is InChI=1S/C31H31ClF2N4O6S/c1-30(2,3)44-29(40)37-26-10-4-19(15-35-26)16-36-27(39)11-7-23-13-22-12-21(14-25(32)28(22)43-23)20-5-8-24(9-6-20)45(41,42)38-17-31(33,34)18-38/h4-12,14-15,23H,13,16-18H2,1-3H3,(H,36,39)(H,35,37,40). The zero-order valence-electron chi connectivity index (χ0n) is 24.6. The molecule has 10 nitrogen and oxygen atoms in total. The van der Waals surface area contributed by atoms with E-state index in [1.54, 1.807) is 57.2 Å². The van der Waals surface area contributed by atoms with Gasteiger partial charge in [-0.1, -0.05) is 29.8 Å². The van der Waals surface area contributed by atoms with Gasteiger partial charge in [-0.25, -0.2) is 27.0 Å². The van der Waals surface area contributed by atoms with E-state index in [0.29, 0.717) is 28.6 Å². The molecule has 14 heteroatoms. The van der Waals surface area contributed by atoms with E-state index in [0.717, 1.165) is 21.0 Å². The Kier molecular flexibility index (Phi) is 8.89. The summed E-state index contributed by atoms with van der Waals surface area (Å²) in [5.41, 5.74) is 2.33. The van der Waals surface area contributed by atoms with Gasteiger partial charge in [-0.15, -0.1) is 0 Å². The highest BCUT2D eigenvalue weighted by Crippen LogP contribution is 2.40. The maximum atomic E-state index is 13.2. The van der Waals surface area contributed by atoms with Gasteiger partial charge in [-0.2, -0.15) is 4.31 Å². The first kappa shape index (κ1) is 32.3. The fourth-order valence-electron chi connectivity index (χ4n) is 4.68. The van der Waals surface area contributed by atoms with Gasteiger partial charge in [-0.05, 0) is 73.9 Å². The average molecular weight is 661 g/mol. The third kappa shape index (κ3) is 7.96. The number of halogens is 3. The maximum Gasteiger partial charge on any atom is 0.413 e. The van der Waals surface area contributed by atoms with Crippen molar-refractivity contribution in [2.45, 2.75) is 56.3 Å². The third-order valence-corrected chi connectivity index (χ3v) is 8.92. The normalized spacial score (nSPS) is 17.7. The van der Waals surface area contributed by atoms with Gasteiger partial charge in [-0.3, -0.25) is 10.1 Å². The van der Waals surface area contributed by atoms with Crippen LogP contribution in [0.2, 0.25) is 5.02 Å².